The van der Waals surface area contributed by atoms with Crippen LogP contribution in [0.2, 0.25) is 0 Å². The second kappa shape index (κ2) is 10.2. The van der Waals surface area contributed by atoms with Crippen molar-refractivity contribution in [3.63, 3.8) is 0 Å². The molecule has 0 spiro atoms. The Kier molecular flexibility index (Phi) is 8.92. The zero-order chi connectivity index (χ0) is 15.7. The number of carbonyl (C=O) groups is 2. The maximum Gasteiger partial charge on any atom is 0.303 e. The molecule has 0 aromatic carbocycles. The van der Waals surface area contributed by atoms with Gasteiger partial charge < -0.3 is 15.5 Å². The molecule has 5 nitrogen and oxygen atoms in total. The Balaban J connectivity index is 2.04. The van der Waals surface area contributed by atoms with Gasteiger partial charge in [0, 0.05) is 17.8 Å². The number of unbranched alkanes of at least 4 members (excludes halogenated alkanes) is 4. The molecule has 1 fully saturated rings. The third kappa shape index (κ3) is 7.81. The van der Waals surface area contributed by atoms with Crippen LogP contribution in [-0.4, -0.2) is 39.6 Å². The van der Waals surface area contributed by atoms with E-state index < -0.39 is 12.1 Å². The highest BCUT2D eigenvalue weighted by Gasteiger charge is 2.32. The lowest BCUT2D eigenvalue weighted by atomic mass is 9.86. The number of aliphatic hydroxyl groups excluding tert-OH is 1. The monoisotopic (exact) mass is 363 g/mol. The Hall–Kier alpha value is -0.620. The van der Waals surface area contributed by atoms with Crippen molar-refractivity contribution in [3.8, 4) is 0 Å². The summed E-state index contributed by atoms with van der Waals surface area (Å²) in [5.74, 6) is -1.07. The van der Waals surface area contributed by atoms with E-state index in [1.807, 2.05) is 0 Å². The van der Waals surface area contributed by atoms with Crippen LogP contribution in [0.3, 0.4) is 0 Å². The first-order valence-corrected chi connectivity index (χ1v) is 8.74. The normalized spacial score (nSPS) is 25.5. The number of amides is 1. The van der Waals surface area contributed by atoms with Gasteiger partial charge in [0.15, 0.2) is 0 Å². The molecule has 0 bridgehead atoms. The first-order chi connectivity index (χ1) is 10.0. The SMILES string of the molecule is O=C(O)CCCCCCCNC(=O)C1CC(Br)CCC1O. The molecule has 1 amide bonds. The number of nitrogens with one attached hydrogen (secondary N) is 1. The van der Waals surface area contributed by atoms with Gasteiger partial charge in [0.1, 0.15) is 0 Å². The van der Waals surface area contributed by atoms with Crippen LogP contribution in [0.4, 0.5) is 0 Å². The van der Waals surface area contributed by atoms with Crippen LogP contribution in [0, 0.1) is 5.92 Å². The number of carboxylic acid groups (broad SMARTS) is 1. The van der Waals surface area contributed by atoms with E-state index in [-0.39, 0.29) is 18.2 Å². The first-order valence-electron chi connectivity index (χ1n) is 7.82. The summed E-state index contributed by atoms with van der Waals surface area (Å²) in [6.45, 7) is 0.633. The lowest BCUT2D eigenvalue weighted by Gasteiger charge is -2.29. The molecular weight excluding hydrogens is 338 g/mol. The van der Waals surface area contributed by atoms with Gasteiger partial charge in [-0.05, 0) is 32.1 Å². The highest BCUT2D eigenvalue weighted by molar-refractivity contribution is 9.09. The summed E-state index contributed by atoms with van der Waals surface area (Å²) >= 11 is 3.52. The van der Waals surface area contributed by atoms with Crippen LogP contribution in [0.25, 0.3) is 0 Å². The molecule has 1 aliphatic rings. The minimum absolute atomic E-state index is 0.0440. The molecule has 0 aromatic rings. The van der Waals surface area contributed by atoms with E-state index >= 15 is 0 Å². The Morgan fingerprint density at radius 2 is 1.76 bits per heavy atom. The zero-order valence-corrected chi connectivity index (χ0v) is 14.0. The number of carboxylic acids is 1. The Bertz CT molecular complexity index is 338. The van der Waals surface area contributed by atoms with Gasteiger partial charge >= 0.3 is 5.97 Å². The number of halogens is 1. The van der Waals surface area contributed by atoms with E-state index in [0.29, 0.717) is 24.2 Å². The fourth-order valence-corrected chi connectivity index (χ4v) is 3.33. The van der Waals surface area contributed by atoms with Gasteiger partial charge in [0.25, 0.3) is 0 Å². The van der Waals surface area contributed by atoms with Gasteiger partial charge in [0.05, 0.1) is 12.0 Å². The molecule has 1 saturated carbocycles. The molecule has 0 saturated heterocycles. The van der Waals surface area contributed by atoms with Gasteiger partial charge in [-0.25, -0.2) is 0 Å². The Labute approximate surface area is 134 Å². The van der Waals surface area contributed by atoms with Crippen LogP contribution < -0.4 is 5.32 Å². The topological polar surface area (TPSA) is 86.6 Å². The summed E-state index contributed by atoms with van der Waals surface area (Å²) < 4.78 is 0. The average molecular weight is 364 g/mol. The van der Waals surface area contributed by atoms with Crippen molar-refractivity contribution in [2.24, 2.45) is 5.92 Å². The molecule has 0 radical (unpaired) electrons. The maximum absolute atomic E-state index is 12.0. The molecule has 21 heavy (non-hydrogen) atoms. The molecule has 3 unspecified atom stereocenters. The van der Waals surface area contributed by atoms with Gasteiger partial charge in [-0.2, -0.15) is 0 Å². The summed E-state index contributed by atoms with van der Waals surface area (Å²) in [5, 5.41) is 21.3. The molecule has 1 rings (SSSR count). The van der Waals surface area contributed by atoms with E-state index in [0.717, 1.165) is 38.5 Å². The summed E-state index contributed by atoms with van der Waals surface area (Å²) in [6.07, 6.45) is 6.56. The third-order valence-corrected chi connectivity index (χ3v) is 4.78. The zero-order valence-electron chi connectivity index (χ0n) is 12.4. The minimum Gasteiger partial charge on any atom is -0.481 e. The number of rotatable bonds is 9. The van der Waals surface area contributed by atoms with Crippen LogP contribution in [-0.2, 0) is 9.59 Å². The smallest absolute Gasteiger partial charge is 0.303 e. The standard InChI is InChI=1S/C15H26BrNO4/c16-11-7-8-13(18)12(10-11)15(21)17-9-5-3-1-2-4-6-14(19)20/h11-13,18H,1-10H2,(H,17,21)(H,19,20). The second-order valence-corrected chi connectivity index (χ2v) is 7.08. The lowest BCUT2D eigenvalue weighted by molar-refractivity contribution is -0.137. The van der Waals surface area contributed by atoms with E-state index in [4.69, 9.17) is 5.11 Å². The highest BCUT2D eigenvalue weighted by Crippen LogP contribution is 2.29. The molecule has 6 heteroatoms. The fraction of sp³-hybridized carbons (Fsp3) is 0.867. The fourth-order valence-electron chi connectivity index (χ4n) is 2.66. The van der Waals surface area contributed by atoms with E-state index in [1.165, 1.54) is 0 Å². The molecule has 1 aliphatic carbocycles. The number of hydrogen-bond acceptors (Lipinski definition) is 3. The predicted molar refractivity (Wildman–Crippen MR) is 84.4 cm³/mol. The van der Waals surface area contributed by atoms with Crippen molar-refractivity contribution < 1.29 is 19.8 Å². The van der Waals surface area contributed by atoms with Crippen LogP contribution in [0.5, 0.6) is 0 Å². The van der Waals surface area contributed by atoms with Gasteiger partial charge in [-0.1, -0.05) is 35.2 Å². The average Bonchev–Trinajstić information content (AvgIpc) is 2.43. The summed E-state index contributed by atoms with van der Waals surface area (Å²) in [6, 6.07) is 0. The molecular formula is C15H26BrNO4. The summed E-state index contributed by atoms with van der Waals surface area (Å²) in [4.78, 5) is 22.7. The molecule has 3 atom stereocenters. The highest BCUT2D eigenvalue weighted by atomic mass is 79.9. The Morgan fingerprint density at radius 3 is 2.48 bits per heavy atom. The van der Waals surface area contributed by atoms with Gasteiger partial charge in [0.2, 0.25) is 5.91 Å². The Morgan fingerprint density at radius 1 is 1.10 bits per heavy atom. The number of aliphatic hydroxyl groups is 1. The summed E-state index contributed by atoms with van der Waals surface area (Å²) in [7, 11) is 0. The van der Waals surface area contributed by atoms with E-state index in [2.05, 4.69) is 21.2 Å². The van der Waals surface area contributed by atoms with Gasteiger partial charge in [-0.15, -0.1) is 0 Å². The lowest BCUT2D eigenvalue weighted by Crippen LogP contribution is -2.41. The minimum atomic E-state index is -0.738. The van der Waals surface area contributed by atoms with Crippen molar-refractivity contribution in [3.05, 3.63) is 0 Å². The van der Waals surface area contributed by atoms with E-state index in [1.54, 1.807) is 0 Å². The third-order valence-electron chi connectivity index (χ3n) is 3.95. The molecule has 0 heterocycles. The molecule has 3 N–H and O–H groups in total. The van der Waals surface area contributed by atoms with Crippen molar-refractivity contribution >= 4 is 27.8 Å². The van der Waals surface area contributed by atoms with E-state index in [9.17, 15) is 14.7 Å². The van der Waals surface area contributed by atoms with Crippen molar-refractivity contribution in [1.29, 1.82) is 0 Å². The largest absolute Gasteiger partial charge is 0.481 e. The van der Waals surface area contributed by atoms with Crippen LogP contribution >= 0.6 is 15.9 Å². The van der Waals surface area contributed by atoms with Crippen LogP contribution in [0.15, 0.2) is 0 Å². The predicted octanol–water partition coefficient (Wildman–Crippen LogP) is 2.45. The first kappa shape index (κ1) is 18.4. The quantitative estimate of drug-likeness (QED) is 0.433. The maximum atomic E-state index is 12.0. The van der Waals surface area contributed by atoms with Crippen LogP contribution in [0.1, 0.15) is 57.8 Å². The second-order valence-electron chi connectivity index (χ2n) is 5.79. The number of alkyl halides is 1. The van der Waals surface area contributed by atoms with Crippen molar-refractivity contribution in [2.45, 2.75) is 68.7 Å². The van der Waals surface area contributed by atoms with Gasteiger partial charge in [-0.3, -0.25) is 9.59 Å². The van der Waals surface area contributed by atoms with Crippen molar-refractivity contribution in [1.82, 2.24) is 5.32 Å². The summed E-state index contributed by atoms with van der Waals surface area (Å²) in [5.41, 5.74) is 0. The molecule has 0 aliphatic heterocycles. The molecule has 122 valence electrons. The number of carbonyl (C=O) groups excluding carboxylic acids is 1. The number of hydrogen-bond donors (Lipinski definition) is 3. The molecule has 0 aromatic heterocycles. The number of aliphatic carboxylic acids is 1. The van der Waals surface area contributed by atoms with Crippen molar-refractivity contribution in [2.75, 3.05) is 6.54 Å².